The fourth-order valence-corrected chi connectivity index (χ4v) is 2.08. The predicted molar refractivity (Wildman–Crippen MR) is 81.6 cm³/mol. The van der Waals surface area contributed by atoms with Gasteiger partial charge in [-0.15, -0.1) is 12.6 Å². The van der Waals surface area contributed by atoms with E-state index in [0.717, 1.165) is 5.56 Å². The minimum Gasteiger partial charge on any atom is -0.444 e. The minimum atomic E-state index is -0.623. The van der Waals surface area contributed by atoms with E-state index in [1.807, 2.05) is 30.3 Å². The quantitative estimate of drug-likeness (QED) is 0.788. The summed E-state index contributed by atoms with van der Waals surface area (Å²) in [5, 5.41) is 2.51. The van der Waals surface area contributed by atoms with Gasteiger partial charge in [-0.25, -0.2) is 9.18 Å². The summed E-state index contributed by atoms with van der Waals surface area (Å²) >= 11 is 7.14. The summed E-state index contributed by atoms with van der Waals surface area (Å²) in [5.74, 6) is -0.446. The van der Waals surface area contributed by atoms with E-state index in [-0.39, 0.29) is 11.1 Å². The molecule has 104 valence electrons. The van der Waals surface area contributed by atoms with Gasteiger partial charge in [0.25, 0.3) is 0 Å². The Bertz CT molecular complexity index is 622. The van der Waals surface area contributed by atoms with E-state index in [0.29, 0.717) is 10.6 Å². The number of nitrogens with one attached hydrogen (secondary N) is 1. The lowest BCUT2D eigenvalue weighted by Gasteiger charge is -2.09. The number of hydrogen-bond donors (Lipinski definition) is 2. The van der Waals surface area contributed by atoms with Crippen molar-refractivity contribution in [1.29, 1.82) is 0 Å². The Morgan fingerprint density at radius 1 is 1.30 bits per heavy atom. The molecule has 0 aliphatic carbocycles. The molecule has 6 heteroatoms. The number of ether oxygens (including phenoxy) is 1. The first-order valence-electron chi connectivity index (χ1n) is 5.72. The molecule has 3 nitrogen and oxygen atoms in total. The molecule has 0 bridgehead atoms. The summed E-state index contributed by atoms with van der Waals surface area (Å²) in [4.78, 5) is 12.0. The van der Waals surface area contributed by atoms with E-state index >= 15 is 0 Å². The molecule has 1 amide bonds. The number of amides is 1. The van der Waals surface area contributed by atoms with Crippen molar-refractivity contribution in [1.82, 2.24) is 0 Å². The van der Waals surface area contributed by atoms with E-state index in [1.54, 1.807) is 0 Å². The number of anilines is 1. The van der Waals surface area contributed by atoms with Gasteiger partial charge in [0.2, 0.25) is 0 Å². The van der Waals surface area contributed by atoms with E-state index in [1.165, 1.54) is 12.1 Å². The average molecular weight is 356 g/mol. The Morgan fingerprint density at radius 3 is 2.70 bits per heavy atom. The first-order valence-corrected chi connectivity index (χ1v) is 6.96. The maximum atomic E-state index is 13.2. The monoisotopic (exact) mass is 355 g/mol. The van der Waals surface area contributed by atoms with Gasteiger partial charge in [0.05, 0.1) is 10.2 Å². The standard InChI is InChI=1S/C14H11BrFNO2S/c15-10-6-12(13(20)7-11(10)16)17-14(18)19-8-9-4-2-1-3-5-9/h1-7,20H,8H2,(H,17,18). The molecule has 0 aromatic heterocycles. The number of carbonyl (C=O) groups is 1. The van der Waals surface area contributed by atoms with Crippen LogP contribution in [0.5, 0.6) is 0 Å². The van der Waals surface area contributed by atoms with Crippen LogP contribution in [0.1, 0.15) is 5.56 Å². The Kier molecular flexibility index (Phi) is 5.03. The second-order valence-electron chi connectivity index (χ2n) is 3.97. The summed E-state index contributed by atoms with van der Waals surface area (Å²) < 4.78 is 18.5. The second-order valence-corrected chi connectivity index (χ2v) is 5.31. The van der Waals surface area contributed by atoms with Crippen molar-refractivity contribution in [3.8, 4) is 0 Å². The third-order valence-corrected chi connectivity index (χ3v) is 3.47. The number of halogens is 2. The van der Waals surface area contributed by atoms with Gasteiger partial charge in [0.1, 0.15) is 12.4 Å². The molecule has 0 atom stereocenters. The third-order valence-electron chi connectivity index (χ3n) is 2.49. The lowest BCUT2D eigenvalue weighted by Crippen LogP contribution is -2.14. The van der Waals surface area contributed by atoms with Gasteiger partial charge in [-0.2, -0.15) is 0 Å². The SMILES string of the molecule is O=C(Nc1cc(Br)c(F)cc1S)OCc1ccccc1. The first-order chi connectivity index (χ1) is 9.56. The molecule has 2 aromatic carbocycles. The van der Waals surface area contributed by atoms with E-state index in [4.69, 9.17) is 4.74 Å². The van der Waals surface area contributed by atoms with Crippen molar-refractivity contribution in [3.05, 3.63) is 58.3 Å². The van der Waals surface area contributed by atoms with E-state index in [9.17, 15) is 9.18 Å². The molecule has 20 heavy (non-hydrogen) atoms. The van der Waals surface area contributed by atoms with Gasteiger partial charge in [-0.05, 0) is 33.6 Å². The van der Waals surface area contributed by atoms with Crippen LogP contribution in [-0.4, -0.2) is 6.09 Å². The van der Waals surface area contributed by atoms with Crippen LogP contribution in [0.15, 0.2) is 51.8 Å². The Labute approximate surface area is 129 Å². The number of carbonyl (C=O) groups excluding carboxylic acids is 1. The highest BCUT2D eigenvalue weighted by atomic mass is 79.9. The summed E-state index contributed by atoms with van der Waals surface area (Å²) in [7, 11) is 0. The molecule has 0 heterocycles. The maximum absolute atomic E-state index is 13.2. The normalized spacial score (nSPS) is 10.2. The molecule has 0 fully saturated rings. The molecule has 0 aliphatic heterocycles. The Morgan fingerprint density at radius 2 is 2.00 bits per heavy atom. The second kappa shape index (κ2) is 6.76. The van der Waals surface area contributed by atoms with Crippen LogP contribution in [-0.2, 0) is 11.3 Å². The van der Waals surface area contributed by atoms with E-state index < -0.39 is 11.9 Å². The lowest BCUT2D eigenvalue weighted by atomic mass is 10.2. The molecule has 0 saturated carbocycles. The number of hydrogen-bond acceptors (Lipinski definition) is 3. The molecule has 0 unspecified atom stereocenters. The van der Waals surface area contributed by atoms with Gasteiger partial charge >= 0.3 is 6.09 Å². The molecule has 2 rings (SSSR count). The fourth-order valence-electron chi connectivity index (χ4n) is 1.51. The number of benzene rings is 2. The van der Waals surface area contributed by atoms with Crippen LogP contribution >= 0.6 is 28.6 Å². The van der Waals surface area contributed by atoms with Crippen LogP contribution in [0.25, 0.3) is 0 Å². The van der Waals surface area contributed by atoms with Crippen LogP contribution in [0, 0.1) is 5.82 Å². The fraction of sp³-hybridized carbons (Fsp3) is 0.0714. The van der Waals surface area contributed by atoms with Gasteiger partial charge < -0.3 is 4.74 Å². The maximum Gasteiger partial charge on any atom is 0.411 e. The van der Waals surface area contributed by atoms with Crippen molar-refractivity contribution in [2.45, 2.75) is 11.5 Å². The lowest BCUT2D eigenvalue weighted by molar-refractivity contribution is 0.155. The topological polar surface area (TPSA) is 38.3 Å². The third kappa shape index (κ3) is 3.98. The van der Waals surface area contributed by atoms with Crippen molar-refractivity contribution < 1.29 is 13.9 Å². The molecule has 1 N–H and O–H groups in total. The molecule has 0 aliphatic rings. The summed E-state index contributed by atoms with van der Waals surface area (Å²) in [5.41, 5.74) is 1.26. The van der Waals surface area contributed by atoms with Gasteiger partial charge in [0, 0.05) is 4.90 Å². The van der Waals surface area contributed by atoms with Gasteiger partial charge in [0.15, 0.2) is 0 Å². The molecule has 0 spiro atoms. The smallest absolute Gasteiger partial charge is 0.411 e. The first kappa shape index (κ1) is 14.9. The largest absolute Gasteiger partial charge is 0.444 e. The molecule has 0 radical (unpaired) electrons. The molecule has 2 aromatic rings. The highest BCUT2D eigenvalue weighted by Crippen LogP contribution is 2.27. The van der Waals surface area contributed by atoms with Crippen LogP contribution in [0.4, 0.5) is 14.9 Å². The van der Waals surface area contributed by atoms with E-state index in [2.05, 4.69) is 33.9 Å². The van der Waals surface area contributed by atoms with Crippen LogP contribution < -0.4 is 5.32 Å². The summed E-state index contributed by atoms with van der Waals surface area (Å²) in [6, 6.07) is 11.9. The summed E-state index contributed by atoms with van der Waals surface area (Å²) in [6.07, 6.45) is -0.623. The number of thiol groups is 1. The minimum absolute atomic E-state index is 0.164. The van der Waals surface area contributed by atoms with Gasteiger partial charge in [-0.1, -0.05) is 30.3 Å². The van der Waals surface area contributed by atoms with Crippen LogP contribution in [0.3, 0.4) is 0 Å². The molecular formula is C14H11BrFNO2S. The van der Waals surface area contributed by atoms with Crippen molar-refractivity contribution in [2.24, 2.45) is 0 Å². The zero-order valence-electron chi connectivity index (χ0n) is 10.3. The van der Waals surface area contributed by atoms with Crippen molar-refractivity contribution in [2.75, 3.05) is 5.32 Å². The highest BCUT2D eigenvalue weighted by molar-refractivity contribution is 9.10. The average Bonchev–Trinajstić information content (AvgIpc) is 2.44. The predicted octanol–water partition coefficient (Wildman–Crippen LogP) is 4.63. The highest BCUT2D eigenvalue weighted by Gasteiger charge is 2.10. The zero-order valence-corrected chi connectivity index (χ0v) is 12.7. The van der Waals surface area contributed by atoms with Gasteiger partial charge in [-0.3, -0.25) is 5.32 Å². The number of rotatable bonds is 3. The summed E-state index contributed by atoms with van der Waals surface area (Å²) in [6.45, 7) is 0.164. The van der Waals surface area contributed by atoms with Crippen molar-refractivity contribution in [3.63, 3.8) is 0 Å². The Balaban J connectivity index is 1.97. The van der Waals surface area contributed by atoms with Crippen LogP contribution in [0.2, 0.25) is 0 Å². The Hall–Kier alpha value is -1.53. The molecular weight excluding hydrogens is 345 g/mol. The van der Waals surface area contributed by atoms with Crippen molar-refractivity contribution >= 4 is 40.3 Å². The zero-order chi connectivity index (χ0) is 14.5. The molecule has 0 saturated heterocycles.